The molecule has 1 saturated carbocycles. The topological polar surface area (TPSA) is 86.9 Å². The summed E-state index contributed by atoms with van der Waals surface area (Å²) in [5.74, 6) is 1.35. The molecule has 2 atom stereocenters. The van der Waals surface area contributed by atoms with E-state index in [1.165, 1.54) is 0 Å². The number of nitrogens with one attached hydrogen (secondary N) is 3. The number of imidazole rings is 1. The molecule has 0 spiro atoms. The van der Waals surface area contributed by atoms with Crippen LogP contribution in [0.4, 0.5) is 5.69 Å². The first-order valence-corrected chi connectivity index (χ1v) is 10.3. The fourth-order valence-electron chi connectivity index (χ4n) is 4.53. The van der Waals surface area contributed by atoms with Crippen molar-refractivity contribution in [3.63, 3.8) is 0 Å². The minimum absolute atomic E-state index is 0.0357. The third kappa shape index (κ3) is 3.62. The largest absolute Gasteiger partial charge is 0.349 e. The summed E-state index contributed by atoms with van der Waals surface area (Å²) in [5, 5.41) is 6.08. The van der Waals surface area contributed by atoms with Crippen LogP contribution in [0.25, 0.3) is 11.0 Å². The number of aromatic amines is 1. The second-order valence-corrected chi connectivity index (χ2v) is 8.09. The van der Waals surface area contributed by atoms with E-state index in [1.807, 2.05) is 36.4 Å². The van der Waals surface area contributed by atoms with Crippen LogP contribution in [0.3, 0.4) is 0 Å². The number of aryl methyl sites for hydroxylation is 1. The van der Waals surface area contributed by atoms with E-state index in [2.05, 4.69) is 15.6 Å². The minimum atomic E-state index is -0.0417. The molecule has 3 N–H and O–H groups in total. The molecule has 3 aromatic rings. The Morgan fingerprint density at radius 1 is 1.10 bits per heavy atom. The summed E-state index contributed by atoms with van der Waals surface area (Å²) in [6, 6.07) is 13.8. The van der Waals surface area contributed by atoms with E-state index >= 15 is 0 Å². The number of fused-ring (bicyclic) bond motifs is 2. The lowest BCUT2D eigenvalue weighted by molar-refractivity contribution is -0.116. The van der Waals surface area contributed by atoms with E-state index in [9.17, 15) is 9.59 Å². The Hall–Kier alpha value is -3.15. The van der Waals surface area contributed by atoms with Crippen LogP contribution in [0.1, 0.15) is 59.8 Å². The van der Waals surface area contributed by atoms with E-state index in [-0.39, 0.29) is 17.9 Å². The molecular weight excluding hydrogens is 364 g/mol. The van der Waals surface area contributed by atoms with Gasteiger partial charge in [0.15, 0.2) is 0 Å². The van der Waals surface area contributed by atoms with Gasteiger partial charge >= 0.3 is 0 Å². The average Bonchev–Trinajstić information content (AvgIpc) is 3.18. The molecule has 148 valence electrons. The molecule has 2 amide bonds. The average molecular weight is 388 g/mol. The molecular formula is C23H24N4O2. The number of carbonyl (C=O) groups excluding carboxylic acids is 2. The zero-order valence-electron chi connectivity index (χ0n) is 16.2. The van der Waals surface area contributed by atoms with Gasteiger partial charge in [0.1, 0.15) is 5.82 Å². The maximum Gasteiger partial charge on any atom is 0.251 e. The van der Waals surface area contributed by atoms with Gasteiger partial charge in [-0.15, -0.1) is 0 Å². The quantitative estimate of drug-likeness (QED) is 0.636. The van der Waals surface area contributed by atoms with Gasteiger partial charge in [-0.2, -0.15) is 0 Å². The number of carbonyl (C=O) groups is 2. The molecule has 5 rings (SSSR count). The van der Waals surface area contributed by atoms with E-state index in [4.69, 9.17) is 4.98 Å². The molecule has 0 saturated heterocycles. The van der Waals surface area contributed by atoms with Gasteiger partial charge in [0.25, 0.3) is 5.91 Å². The van der Waals surface area contributed by atoms with Gasteiger partial charge in [0.2, 0.25) is 5.91 Å². The van der Waals surface area contributed by atoms with Crippen molar-refractivity contribution in [2.24, 2.45) is 0 Å². The first-order valence-electron chi connectivity index (χ1n) is 10.3. The molecule has 1 aliphatic heterocycles. The van der Waals surface area contributed by atoms with Gasteiger partial charge in [-0.25, -0.2) is 4.98 Å². The van der Waals surface area contributed by atoms with Gasteiger partial charge in [-0.3, -0.25) is 9.59 Å². The number of aromatic nitrogens is 2. The highest BCUT2D eigenvalue weighted by Crippen LogP contribution is 2.32. The van der Waals surface area contributed by atoms with Gasteiger partial charge < -0.3 is 15.6 Å². The molecule has 2 aromatic carbocycles. The van der Waals surface area contributed by atoms with E-state index in [1.54, 1.807) is 6.07 Å². The highest BCUT2D eigenvalue weighted by Gasteiger charge is 2.27. The summed E-state index contributed by atoms with van der Waals surface area (Å²) < 4.78 is 0. The van der Waals surface area contributed by atoms with E-state index < -0.39 is 0 Å². The van der Waals surface area contributed by atoms with Gasteiger partial charge in [0, 0.05) is 29.6 Å². The fraction of sp³-hybridized carbons (Fsp3) is 0.348. The van der Waals surface area contributed by atoms with Crippen molar-refractivity contribution in [1.82, 2.24) is 15.3 Å². The number of H-pyrrole nitrogens is 1. The van der Waals surface area contributed by atoms with Crippen molar-refractivity contribution in [3.8, 4) is 0 Å². The second-order valence-electron chi connectivity index (χ2n) is 8.09. The van der Waals surface area contributed by atoms with Crippen molar-refractivity contribution in [2.45, 2.75) is 50.5 Å². The molecule has 1 unspecified atom stereocenters. The second kappa shape index (κ2) is 7.35. The molecule has 2 heterocycles. The molecule has 1 aliphatic carbocycles. The van der Waals surface area contributed by atoms with Gasteiger partial charge in [0.05, 0.1) is 11.0 Å². The van der Waals surface area contributed by atoms with Crippen LogP contribution >= 0.6 is 0 Å². The number of rotatable bonds is 3. The van der Waals surface area contributed by atoms with E-state index in [0.29, 0.717) is 24.3 Å². The van der Waals surface area contributed by atoms with Crippen molar-refractivity contribution in [1.29, 1.82) is 0 Å². The SMILES string of the molecule is O=C1CCc2cc(C(=O)N[C@H]3CCCC(c4nc5ccccc5[nH]4)C3)ccc2N1. The summed E-state index contributed by atoms with van der Waals surface area (Å²) in [6.45, 7) is 0. The third-order valence-electron chi connectivity index (χ3n) is 6.07. The van der Waals surface area contributed by atoms with Crippen molar-refractivity contribution in [3.05, 3.63) is 59.4 Å². The number of hydrogen-bond donors (Lipinski definition) is 3. The summed E-state index contributed by atoms with van der Waals surface area (Å²) >= 11 is 0. The maximum atomic E-state index is 12.8. The van der Waals surface area contributed by atoms with Crippen molar-refractivity contribution in [2.75, 3.05) is 5.32 Å². The number of nitrogens with zero attached hydrogens (tertiary/aromatic N) is 1. The predicted octanol–water partition coefficient (Wildman–Crippen LogP) is 3.90. The Bertz CT molecular complexity index is 1050. The summed E-state index contributed by atoms with van der Waals surface area (Å²) in [7, 11) is 0. The lowest BCUT2D eigenvalue weighted by Crippen LogP contribution is -2.38. The smallest absolute Gasteiger partial charge is 0.251 e. The Labute approximate surface area is 169 Å². The highest BCUT2D eigenvalue weighted by atomic mass is 16.2. The molecule has 6 nitrogen and oxygen atoms in total. The molecule has 29 heavy (non-hydrogen) atoms. The Morgan fingerprint density at radius 2 is 2.00 bits per heavy atom. The molecule has 1 fully saturated rings. The van der Waals surface area contributed by atoms with E-state index in [0.717, 1.165) is 53.8 Å². The van der Waals surface area contributed by atoms with Gasteiger partial charge in [-0.05, 0) is 61.6 Å². The first-order chi connectivity index (χ1) is 14.2. The number of anilines is 1. The van der Waals surface area contributed by atoms with Gasteiger partial charge in [-0.1, -0.05) is 18.6 Å². The van der Waals surface area contributed by atoms with Crippen LogP contribution in [0.2, 0.25) is 0 Å². The van der Waals surface area contributed by atoms with Crippen LogP contribution in [0, 0.1) is 0 Å². The Kier molecular flexibility index (Phi) is 4.54. The van der Waals surface area contributed by atoms with Crippen LogP contribution in [-0.2, 0) is 11.2 Å². The molecule has 0 bridgehead atoms. The monoisotopic (exact) mass is 388 g/mol. The molecule has 1 aromatic heterocycles. The Balaban J connectivity index is 1.28. The van der Waals surface area contributed by atoms with Crippen LogP contribution < -0.4 is 10.6 Å². The molecule has 6 heteroatoms. The van der Waals surface area contributed by atoms with Crippen LogP contribution in [-0.4, -0.2) is 27.8 Å². The first kappa shape index (κ1) is 17.9. The summed E-state index contributed by atoms with van der Waals surface area (Å²) in [4.78, 5) is 32.5. The zero-order chi connectivity index (χ0) is 19.8. The van der Waals surface area contributed by atoms with Crippen LogP contribution in [0.15, 0.2) is 42.5 Å². The van der Waals surface area contributed by atoms with Crippen molar-refractivity contribution < 1.29 is 9.59 Å². The number of para-hydroxylation sites is 2. The number of amides is 2. The summed E-state index contributed by atoms with van der Waals surface area (Å²) in [5.41, 5.74) is 4.57. The number of hydrogen-bond acceptors (Lipinski definition) is 3. The highest BCUT2D eigenvalue weighted by molar-refractivity contribution is 5.98. The fourth-order valence-corrected chi connectivity index (χ4v) is 4.53. The summed E-state index contributed by atoms with van der Waals surface area (Å²) in [6.07, 6.45) is 5.20. The lowest BCUT2D eigenvalue weighted by Gasteiger charge is -2.29. The minimum Gasteiger partial charge on any atom is -0.349 e. The maximum absolute atomic E-state index is 12.8. The number of benzene rings is 2. The Morgan fingerprint density at radius 3 is 2.90 bits per heavy atom. The van der Waals surface area contributed by atoms with Crippen LogP contribution in [0.5, 0.6) is 0 Å². The zero-order valence-corrected chi connectivity index (χ0v) is 16.2. The molecule has 0 radical (unpaired) electrons. The predicted molar refractivity (Wildman–Crippen MR) is 112 cm³/mol. The molecule has 2 aliphatic rings. The standard InChI is InChI=1S/C23H24N4O2/c28-21-11-9-14-12-16(8-10-18(14)25-21)23(29)24-17-5-3-4-15(13-17)22-26-19-6-1-2-7-20(19)27-22/h1-2,6-8,10,12,15,17H,3-5,9,11,13H2,(H,24,29)(H,25,28)(H,26,27)/t15?,17-/m0/s1. The lowest BCUT2D eigenvalue weighted by atomic mass is 9.85. The third-order valence-corrected chi connectivity index (χ3v) is 6.07. The normalized spacial score (nSPS) is 21.4. The van der Waals surface area contributed by atoms with Crippen molar-refractivity contribution >= 4 is 28.5 Å².